The molecule has 0 unspecified atom stereocenters. The molecule has 2 aromatic rings. The molecule has 7 heteroatoms. The van der Waals surface area contributed by atoms with Gasteiger partial charge in [0.2, 0.25) is 0 Å². The normalized spacial score (nSPS) is 11.6. The minimum Gasteiger partial charge on any atom is -0.481 e. The van der Waals surface area contributed by atoms with Gasteiger partial charge in [-0.15, -0.1) is 0 Å². The lowest BCUT2D eigenvalue weighted by molar-refractivity contribution is -0.137. The zero-order chi connectivity index (χ0) is 17.5. The van der Waals surface area contributed by atoms with Crippen LogP contribution in [-0.4, -0.2) is 17.2 Å². The van der Waals surface area contributed by atoms with E-state index >= 15 is 0 Å². The van der Waals surface area contributed by atoms with Crippen molar-refractivity contribution in [1.29, 1.82) is 0 Å². The number of aliphatic carboxylic acids is 1. The lowest BCUT2D eigenvalue weighted by Crippen LogP contribution is -2.30. The van der Waals surface area contributed by atoms with Gasteiger partial charge in [0.25, 0.3) is 0 Å². The van der Waals surface area contributed by atoms with Crippen LogP contribution in [0.4, 0.5) is 4.79 Å². The Morgan fingerprint density at radius 1 is 1.21 bits per heavy atom. The third-order valence-corrected chi connectivity index (χ3v) is 4.44. The van der Waals surface area contributed by atoms with Crippen LogP contribution in [0.5, 0.6) is 0 Å². The summed E-state index contributed by atoms with van der Waals surface area (Å²) < 4.78 is 5.76. The molecule has 0 bridgehead atoms. The highest BCUT2D eigenvalue weighted by Gasteiger charge is 2.19. The van der Waals surface area contributed by atoms with Gasteiger partial charge in [0.05, 0.1) is 17.5 Å². The van der Waals surface area contributed by atoms with Crippen LogP contribution in [0, 0.1) is 0 Å². The summed E-state index contributed by atoms with van der Waals surface area (Å²) in [7, 11) is 0. The number of hydrogen-bond acceptors (Lipinski definition) is 3. The zero-order valence-corrected chi connectivity index (χ0v) is 14.9. The molecule has 0 aliphatic heterocycles. The van der Waals surface area contributed by atoms with E-state index in [4.69, 9.17) is 21.4 Å². The Kier molecular flexibility index (Phi) is 6.63. The molecule has 2 aromatic carbocycles. The highest BCUT2D eigenvalue weighted by molar-refractivity contribution is 9.10. The van der Waals surface area contributed by atoms with Crippen LogP contribution in [0.3, 0.4) is 0 Å². The highest BCUT2D eigenvalue weighted by atomic mass is 79.9. The smallest absolute Gasteiger partial charge is 0.407 e. The summed E-state index contributed by atoms with van der Waals surface area (Å²) in [6, 6.07) is 13.5. The molecule has 0 radical (unpaired) electrons. The van der Waals surface area contributed by atoms with Crippen LogP contribution in [0.2, 0.25) is 5.02 Å². The topological polar surface area (TPSA) is 75.6 Å². The molecule has 0 aromatic heterocycles. The van der Waals surface area contributed by atoms with Crippen molar-refractivity contribution in [3.8, 4) is 0 Å². The van der Waals surface area contributed by atoms with E-state index in [0.717, 1.165) is 5.56 Å². The first-order valence-corrected chi connectivity index (χ1v) is 8.27. The molecule has 2 N–H and O–H groups in total. The molecule has 1 amide bonds. The Morgan fingerprint density at radius 2 is 1.92 bits per heavy atom. The minimum atomic E-state index is -1.03. The molecule has 126 valence electrons. The summed E-state index contributed by atoms with van der Waals surface area (Å²) in [4.78, 5) is 23.0. The highest BCUT2D eigenvalue weighted by Crippen LogP contribution is 2.27. The van der Waals surface area contributed by atoms with Gasteiger partial charge in [0.15, 0.2) is 0 Å². The average molecular weight is 413 g/mol. The third-order valence-electron chi connectivity index (χ3n) is 3.23. The molecule has 0 fully saturated rings. The summed E-state index contributed by atoms with van der Waals surface area (Å²) in [5.74, 6) is -1.03. The monoisotopic (exact) mass is 411 g/mol. The second-order valence-corrected chi connectivity index (χ2v) is 6.29. The van der Waals surface area contributed by atoms with Crippen molar-refractivity contribution in [3.63, 3.8) is 0 Å². The maximum Gasteiger partial charge on any atom is 0.407 e. The molecular formula is C17H15BrClNO4. The van der Waals surface area contributed by atoms with Gasteiger partial charge in [-0.3, -0.25) is 4.79 Å². The van der Waals surface area contributed by atoms with Crippen molar-refractivity contribution >= 4 is 39.6 Å². The van der Waals surface area contributed by atoms with E-state index in [1.165, 1.54) is 0 Å². The number of hydrogen-bond donors (Lipinski definition) is 2. The van der Waals surface area contributed by atoms with Crippen LogP contribution >= 0.6 is 27.5 Å². The number of rotatable bonds is 6. The zero-order valence-electron chi connectivity index (χ0n) is 12.5. The Balaban J connectivity index is 2.03. The lowest BCUT2D eigenvalue weighted by Gasteiger charge is -2.18. The minimum absolute atomic E-state index is 0.108. The maximum absolute atomic E-state index is 12.0. The molecule has 1 atom stereocenters. The fourth-order valence-corrected chi connectivity index (χ4v) is 2.58. The fraction of sp³-hybridized carbons (Fsp3) is 0.176. The number of ether oxygens (including phenoxy) is 1. The number of carboxylic acid groups (broad SMARTS) is 1. The van der Waals surface area contributed by atoms with Crippen molar-refractivity contribution in [2.24, 2.45) is 0 Å². The maximum atomic E-state index is 12.0. The van der Waals surface area contributed by atoms with Crippen molar-refractivity contribution < 1.29 is 19.4 Å². The van der Waals surface area contributed by atoms with E-state index in [9.17, 15) is 9.59 Å². The van der Waals surface area contributed by atoms with E-state index in [1.54, 1.807) is 18.2 Å². The molecule has 24 heavy (non-hydrogen) atoms. The molecular weight excluding hydrogens is 398 g/mol. The summed E-state index contributed by atoms with van der Waals surface area (Å²) >= 11 is 9.22. The molecule has 0 spiro atoms. The van der Waals surface area contributed by atoms with Crippen molar-refractivity contribution in [1.82, 2.24) is 5.32 Å². The number of nitrogens with one attached hydrogen (secondary N) is 1. The van der Waals surface area contributed by atoms with E-state index in [-0.39, 0.29) is 13.0 Å². The molecule has 0 aliphatic carbocycles. The van der Waals surface area contributed by atoms with Crippen LogP contribution in [0.25, 0.3) is 0 Å². The third kappa shape index (κ3) is 5.54. The second-order valence-electron chi connectivity index (χ2n) is 5.03. The Hall–Kier alpha value is -2.05. The van der Waals surface area contributed by atoms with E-state index < -0.39 is 18.1 Å². The van der Waals surface area contributed by atoms with E-state index in [0.29, 0.717) is 15.1 Å². The van der Waals surface area contributed by atoms with Gasteiger partial charge in [0.1, 0.15) is 6.61 Å². The summed E-state index contributed by atoms with van der Waals surface area (Å²) in [6.45, 7) is 0.108. The number of alkyl carbamates (subject to hydrolysis) is 1. The number of halogens is 2. The standard InChI is InChI=1S/C17H15BrClNO4/c18-13-8-12(6-7-14(13)19)15(9-16(21)22)20-17(23)24-10-11-4-2-1-3-5-11/h1-8,15H,9-10H2,(H,20,23)(H,21,22)/t15-/m1/s1. The average Bonchev–Trinajstić information content (AvgIpc) is 2.55. The van der Waals surface area contributed by atoms with Crippen LogP contribution in [0.15, 0.2) is 53.0 Å². The Morgan fingerprint density at radius 3 is 2.54 bits per heavy atom. The van der Waals surface area contributed by atoms with Crippen molar-refractivity contribution in [2.75, 3.05) is 0 Å². The first-order valence-electron chi connectivity index (χ1n) is 7.09. The number of benzene rings is 2. The summed E-state index contributed by atoms with van der Waals surface area (Å²) in [6.07, 6.45) is -0.953. The Bertz CT molecular complexity index is 724. The van der Waals surface area contributed by atoms with Crippen molar-refractivity contribution in [2.45, 2.75) is 19.1 Å². The van der Waals surface area contributed by atoms with Gasteiger partial charge >= 0.3 is 12.1 Å². The SMILES string of the molecule is O=C(O)C[C@@H](NC(=O)OCc1ccccc1)c1ccc(Cl)c(Br)c1. The Labute approximate surface area is 152 Å². The van der Waals surface area contributed by atoms with E-state index in [1.807, 2.05) is 30.3 Å². The van der Waals surface area contributed by atoms with Gasteiger partial charge in [-0.05, 0) is 39.2 Å². The van der Waals surface area contributed by atoms with Crippen LogP contribution in [-0.2, 0) is 16.1 Å². The van der Waals surface area contributed by atoms with Crippen LogP contribution < -0.4 is 5.32 Å². The van der Waals surface area contributed by atoms with Gasteiger partial charge < -0.3 is 15.2 Å². The predicted octanol–water partition coefficient (Wildman–Crippen LogP) is 4.54. The summed E-state index contributed by atoms with van der Waals surface area (Å²) in [5.41, 5.74) is 1.46. The number of carbonyl (C=O) groups is 2. The quantitative estimate of drug-likeness (QED) is 0.730. The molecule has 0 saturated heterocycles. The molecule has 0 aliphatic rings. The second kappa shape index (κ2) is 8.70. The van der Waals surface area contributed by atoms with Gasteiger partial charge in [0, 0.05) is 4.47 Å². The first-order chi connectivity index (χ1) is 11.5. The van der Waals surface area contributed by atoms with Gasteiger partial charge in [-0.1, -0.05) is 48.0 Å². The molecule has 0 heterocycles. The van der Waals surface area contributed by atoms with Gasteiger partial charge in [-0.25, -0.2) is 4.79 Å². The number of amides is 1. The number of carbonyl (C=O) groups excluding carboxylic acids is 1. The first kappa shape index (κ1) is 18.3. The fourth-order valence-electron chi connectivity index (χ4n) is 2.06. The summed E-state index contributed by atoms with van der Waals surface area (Å²) in [5, 5.41) is 12.1. The lowest BCUT2D eigenvalue weighted by atomic mass is 10.0. The molecule has 0 saturated carbocycles. The van der Waals surface area contributed by atoms with E-state index in [2.05, 4.69) is 21.2 Å². The predicted molar refractivity (Wildman–Crippen MR) is 93.9 cm³/mol. The number of carboxylic acids is 1. The largest absolute Gasteiger partial charge is 0.481 e. The molecule has 2 rings (SSSR count). The van der Waals surface area contributed by atoms with Crippen LogP contribution in [0.1, 0.15) is 23.6 Å². The van der Waals surface area contributed by atoms with Crippen molar-refractivity contribution in [3.05, 3.63) is 69.2 Å². The molecule has 5 nitrogen and oxygen atoms in total. The van der Waals surface area contributed by atoms with Gasteiger partial charge in [-0.2, -0.15) is 0 Å².